The highest BCUT2D eigenvalue weighted by atomic mass is 32.2. The van der Waals surface area contributed by atoms with Gasteiger partial charge in [-0.3, -0.25) is 0 Å². The van der Waals surface area contributed by atoms with Crippen LogP contribution in [0.5, 0.6) is 0 Å². The predicted octanol–water partition coefficient (Wildman–Crippen LogP) is 3.47. The monoisotopic (exact) mass is 307 g/mol. The minimum absolute atomic E-state index is 0.0563. The van der Waals surface area contributed by atoms with Gasteiger partial charge in [-0.05, 0) is 31.4 Å². The Morgan fingerprint density at radius 2 is 2.14 bits per heavy atom. The molecule has 0 aromatic heterocycles. The normalized spacial score (nSPS) is 25.4. The van der Waals surface area contributed by atoms with E-state index in [1.54, 1.807) is 11.8 Å². The summed E-state index contributed by atoms with van der Waals surface area (Å²) < 4.78 is 11.3. The third-order valence-corrected chi connectivity index (χ3v) is 4.69. The predicted molar refractivity (Wildman–Crippen MR) is 83.6 cm³/mol. The van der Waals surface area contributed by atoms with Crippen molar-refractivity contribution >= 4 is 17.5 Å². The van der Waals surface area contributed by atoms with Gasteiger partial charge in [0, 0.05) is 23.7 Å². The van der Waals surface area contributed by atoms with Crippen molar-refractivity contribution in [2.24, 2.45) is 5.16 Å². The van der Waals surface area contributed by atoms with Gasteiger partial charge in [-0.15, -0.1) is 11.8 Å². The van der Waals surface area contributed by atoms with Gasteiger partial charge in [-0.1, -0.05) is 23.4 Å². The van der Waals surface area contributed by atoms with Crippen LogP contribution in [0.2, 0.25) is 0 Å². The van der Waals surface area contributed by atoms with Gasteiger partial charge in [0.05, 0.1) is 12.3 Å². The Labute approximate surface area is 129 Å². The second kappa shape index (κ2) is 7.82. The van der Waals surface area contributed by atoms with Crippen molar-refractivity contribution in [3.63, 3.8) is 0 Å². The van der Waals surface area contributed by atoms with E-state index in [2.05, 4.69) is 29.4 Å². The van der Waals surface area contributed by atoms with Crippen molar-refractivity contribution in [1.29, 1.82) is 0 Å². The third kappa shape index (κ3) is 4.73. The molecule has 0 radical (unpaired) electrons. The van der Waals surface area contributed by atoms with Crippen molar-refractivity contribution < 1.29 is 14.3 Å². The van der Waals surface area contributed by atoms with Crippen LogP contribution in [0.4, 0.5) is 0 Å². The number of thioether (sulfide) groups is 1. The second-order valence-electron chi connectivity index (χ2n) is 5.32. The molecule has 2 aliphatic heterocycles. The molecule has 114 valence electrons. The highest BCUT2D eigenvalue weighted by Crippen LogP contribution is 2.23. The minimum Gasteiger partial charge on any atom is -0.391 e. The molecule has 0 spiro atoms. The third-order valence-electron chi connectivity index (χ3n) is 3.55. The van der Waals surface area contributed by atoms with E-state index in [0.29, 0.717) is 6.61 Å². The van der Waals surface area contributed by atoms with Crippen molar-refractivity contribution in [3.8, 4) is 0 Å². The van der Waals surface area contributed by atoms with Gasteiger partial charge >= 0.3 is 0 Å². The molecule has 2 atom stereocenters. The maximum absolute atomic E-state index is 5.74. The first kappa shape index (κ1) is 14.9. The van der Waals surface area contributed by atoms with Crippen LogP contribution >= 0.6 is 11.8 Å². The molecule has 2 unspecified atom stereocenters. The molecular weight excluding hydrogens is 286 g/mol. The molecular formula is C16H21NO3S. The lowest BCUT2D eigenvalue weighted by atomic mass is 10.2. The van der Waals surface area contributed by atoms with Crippen LogP contribution in [0.25, 0.3) is 0 Å². The summed E-state index contributed by atoms with van der Waals surface area (Å²) in [5.74, 6) is 0.914. The molecule has 5 heteroatoms. The van der Waals surface area contributed by atoms with E-state index in [1.807, 2.05) is 6.07 Å². The maximum Gasteiger partial charge on any atom is 0.158 e. The number of hydrogen-bond acceptors (Lipinski definition) is 5. The molecule has 0 N–H and O–H groups in total. The Kier molecular flexibility index (Phi) is 5.54. The van der Waals surface area contributed by atoms with E-state index >= 15 is 0 Å². The van der Waals surface area contributed by atoms with E-state index in [9.17, 15) is 0 Å². The van der Waals surface area contributed by atoms with Crippen LogP contribution in [0.1, 0.15) is 25.7 Å². The molecule has 2 heterocycles. The van der Waals surface area contributed by atoms with E-state index in [0.717, 1.165) is 37.3 Å². The highest BCUT2D eigenvalue weighted by Gasteiger charge is 2.23. The lowest BCUT2D eigenvalue weighted by molar-refractivity contribution is -0.153. The summed E-state index contributed by atoms with van der Waals surface area (Å²) in [4.78, 5) is 6.74. The Morgan fingerprint density at radius 1 is 1.24 bits per heavy atom. The summed E-state index contributed by atoms with van der Waals surface area (Å²) >= 11 is 1.80. The van der Waals surface area contributed by atoms with Crippen LogP contribution in [-0.4, -0.2) is 37.1 Å². The molecule has 4 nitrogen and oxygen atoms in total. The zero-order valence-electron chi connectivity index (χ0n) is 12.1. The van der Waals surface area contributed by atoms with Crippen LogP contribution in [-0.2, 0) is 14.3 Å². The van der Waals surface area contributed by atoms with Crippen LogP contribution in [0.15, 0.2) is 40.4 Å². The molecule has 2 aliphatic rings. The molecule has 1 aromatic carbocycles. The minimum atomic E-state index is -0.0563. The maximum atomic E-state index is 5.74. The van der Waals surface area contributed by atoms with Gasteiger partial charge in [-0.25, -0.2) is 0 Å². The quantitative estimate of drug-likeness (QED) is 0.755. The van der Waals surface area contributed by atoms with E-state index in [-0.39, 0.29) is 12.4 Å². The SMILES string of the molecule is c1ccc(SCC2CC(COC3CCCCO3)=NO2)cc1. The van der Waals surface area contributed by atoms with E-state index in [1.165, 1.54) is 11.3 Å². The van der Waals surface area contributed by atoms with Crippen molar-refractivity contribution in [2.75, 3.05) is 19.0 Å². The largest absolute Gasteiger partial charge is 0.391 e. The number of ether oxygens (including phenoxy) is 2. The van der Waals surface area contributed by atoms with Crippen molar-refractivity contribution in [2.45, 2.75) is 43.0 Å². The number of nitrogens with zero attached hydrogens (tertiary/aromatic N) is 1. The summed E-state index contributed by atoms with van der Waals surface area (Å²) in [5, 5.41) is 4.14. The topological polar surface area (TPSA) is 40.0 Å². The molecule has 1 saturated heterocycles. The molecule has 0 amide bonds. The van der Waals surface area contributed by atoms with E-state index in [4.69, 9.17) is 14.3 Å². The van der Waals surface area contributed by atoms with Crippen LogP contribution < -0.4 is 0 Å². The highest BCUT2D eigenvalue weighted by molar-refractivity contribution is 7.99. The molecule has 0 saturated carbocycles. The van der Waals surface area contributed by atoms with Gasteiger partial charge in [0.15, 0.2) is 6.29 Å². The number of hydrogen-bond donors (Lipinski definition) is 0. The standard InChI is InChI=1S/C16H21NO3S/c1-2-6-15(7-3-1)21-12-14-10-13(17-20-14)11-19-16-8-4-5-9-18-16/h1-3,6-7,14,16H,4-5,8-12H2. The summed E-state index contributed by atoms with van der Waals surface area (Å²) in [7, 11) is 0. The van der Waals surface area contributed by atoms with Gasteiger partial charge in [-0.2, -0.15) is 0 Å². The molecule has 21 heavy (non-hydrogen) atoms. The number of rotatable bonds is 6. The first-order chi connectivity index (χ1) is 10.4. The molecule has 0 aliphatic carbocycles. The van der Waals surface area contributed by atoms with Crippen molar-refractivity contribution in [3.05, 3.63) is 30.3 Å². The lowest BCUT2D eigenvalue weighted by Crippen LogP contribution is -2.25. The summed E-state index contributed by atoms with van der Waals surface area (Å²) in [6, 6.07) is 10.4. The smallest absolute Gasteiger partial charge is 0.158 e. The van der Waals surface area contributed by atoms with Crippen LogP contribution in [0.3, 0.4) is 0 Å². The van der Waals surface area contributed by atoms with Crippen LogP contribution in [0, 0.1) is 0 Å². The van der Waals surface area contributed by atoms with Gasteiger partial charge in [0.1, 0.15) is 6.10 Å². The van der Waals surface area contributed by atoms with Gasteiger partial charge < -0.3 is 14.3 Å². The van der Waals surface area contributed by atoms with Gasteiger partial charge in [0.25, 0.3) is 0 Å². The van der Waals surface area contributed by atoms with Gasteiger partial charge in [0.2, 0.25) is 0 Å². The molecule has 0 bridgehead atoms. The Balaban J connectivity index is 1.34. The zero-order chi connectivity index (χ0) is 14.3. The first-order valence-corrected chi connectivity index (χ1v) is 8.51. The fourth-order valence-corrected chi connectivity index (χ4v) is 3.31. The Hall–Kier alpha value is -1.04. The summed E-state index contributed by atoms with van der Waals surface area (Å²) in [6.45, 7) is 1.33. The number of benzene rings is 1. The average molecular weight is 307 g/mol. The second-order valence-corrected chi connectivity index (χ2v) is 6.41. The summed E-state index contributed by atoms with van der Waals surface area (Å²) in [5.41, 5.74) is 0.989. The Morgan fingerprint density at radius 3 is 2.95 bits per heavy atom. The average Bonchev–Trinajstić information content (AvgIpc) is 3.01. The molecule has 1 fully saturated rings. The molecule has 1 aromatic rings. The number of oxime groups is 1. The Bertz CT molecular complexity index is 460. The fraction of sp³-hybridized carbons (Fsp3) is 0.562. The van der Waals surface area contributed by atoms with E-state index < -0.39 is 0 Å². The fourth-order valence-electron chi connectivity index (χ4n) is 2.40. The first-order valence-electron chi connectivity index (χ1n) is 7.53. The molecule has 3 rings (SSSR count). The van der Waals surface area contributed by atoms with Crippen molar-refractivity contribution in [1.82, 2.24) is 0 Å². The summed E-state index contributed by atoms with van der Waals surface area (Å²) in [6.07, 6.45) is 4.26. The lowest BCUT2D eigenvalue weighted by Gasteiger charge is -2.22. The zero-order valence-corrected chi connectivity index (χ0v) is 12.9.